The number of allylic oxidation sites excluding steroid dienone is 1. The van der Waals surface area contributed by atoms with Crippen molar-refractivity contribution in [1.82, 2.24) is 9.88 Å². The first kappa shape index (κ1) is 17.8. The van der Waals surface area contributed by atoms with E-state index in [1.54, 1.807) is 32.9 Å². The van der Waals surface area contributed by atoms with Gasteiger partial charge in [-0.05, 0) is 45.3 Å². The Morgan fingerprint density at radius 2 is 2.19 bits per heavy atom. The van der Waals surface area contributed by atoms with Crippen molar-refractivity contribution in [3.05, 3.63) is 40.2 Å². The van der Waals surface area contributed by atoms with Crippen LogP contribution in [0.2, 0.25) is 0 Å². The monoisotopic (exact) mass is 361 g/mol. The molecule has 9 nitrogen and oxygen atoms in total. The average Bonchev–Trinajstić information content (AvgIpc) is 2.88. The van der Waals surface area contributed by atoms with Gasteiger partial charge in [0, 0.05) is 6.20 Å². The number of aromatic nitrogens is 1. The quantitative estimate of drug-likeness (QED) is 0.587. The molecule has 0 saturated carbocycles. The van der Waals surface area contributed by atoms with Crippen LogP contribution in [-0.2, 0) is 9.47 Å². The zero-order valence-electron chi connectivity index (χ0n) is 14.7. The number of carbonyl (C=O) groups excluding carboxylic acids is 2. The number of carbonyl (C=O) groups is 2. The van der Waals surface area contributed by atoms with Crippen molar-refractivity contribution >= 4 is 23.4 Å². The van der Waals surface area contributed by atoms with E-state index in [9.17, 15) is 19.7 Å². The second-order valence-corrected chi connectivity index (χ2v) is 7.14. The van der Waals surface area contributed by atoms with Crippen molar-refractivity contribution < 1.29 is 24.0 Å². The Hall–Kier alpha value is -2.97. The van der Waals surface area contributed by atoms with Crippen molar-refractivity contribution in [2.45, 2.75) is 51.4 Å². The maximum absolute atomic E-state index is 12.4. The molecule has 26 heavy (non-hydrogen) atoms. The van der Waals surface area contributed by atoms with E-state index >= 15 is 0 Å². The van der Waals surface area contributed by atoms with Crippen LogP contribution < -0.4 is 0 Å². The Morgan fingerprint density at radius 3 is 2.85 bits per heavy atom. The van der Waals surface area contributed by atoms with Gasteiger partial charge in [-0.15, -0.1) is 0 Å². The van der Waals surface area contributed by atoms with Crippen LogP contribution >= 0.6 is 0 Å². The van der Waals surface area contributed by atoms with Crippen molar-refractivity contribution in [2.75, 3.05) is 0 Å². The van der Waals surface area contributed by atoms with E-state index in [4.69, 9.17) is 9.47 Å². The summed E-state index contributed by atoms with van der Waals surface area (Å²) in [7, 11) is 0. The number of nitro groups is 1. The average molecular weight is 361 g/mol. The lowest BCUT2D eigenvalue weighted by Crippen LogP contribution is -2.44. The smallest absolute Gasteiger partial charge is 0.420 e. The molecule has 1 saturated heterocycles. The topological polar surface area (TPSA) is 112 Å². The zero-order chi connectivity index (χ0) is 19.1. The lowest BCUT2D eigenvalue weighted by Gasteiger charge is -2.28. The number of nitrogens with zero attached hydrogens (tertiary/aromatic N) is 3. The number of fused-ring (bicyclic) bond motifs is 1. The molecule has 0 aromatic carbocycles. The van der Waals surface area contributed by atoms with Gasteiger partial charge in [-0.2, -0.15) is 0 Å². The van der Waals surface area contributed by atoms with Crippen molar-refractivity contribution in [1.29, 1.82) is 0 Å². The van der Waals surface area contributed by atoms with Crippen molar-refractivity contribution in [3.63, 3.8) is 0 Å². The summed E-state index contributed by atoms with van der Waals surface area (Å²) in [5, 5.41) is 11.2. The highest BCUT2D eigenvalue weighted by molar-refractivity contribution is 5.91. The Labute approximate surface area is 149 Å². The molecule has 2 unspecified atom stereocenters. The van der Waals surface area contributed by atoms with Gasteiger partial charge in [0.25, 0.3) is 5.69 Å². The van der Waals surface area contributed by atoms with Crippen LogP contribution in [0.3, 0.4) is 0 Å². The first-order valence-electron chi connectivity index (χ1n) is 8.19. The molecule has 2 amide bonds. The Balaban J connectivity index is 1.95. The standard InChI is InChI=1S/C17H19N3O6/c1-17(2,3)26-16(22)19-12-8-10(4-5-14(12)25-15(19)21)11-6-7-18-9-13(11)20(23)24/h6-9,12,14H,4-5H2,1-3H3. The third-order valence-corrected chi connectivity index (χ3v) is 4.13. The molecule has 2 atom stereocenters. The molecule has 1 aromatic heterocycles. The van der Waals surface area contributed by atoms with Crippen LogP contribution in [0, 0.1) is 10.1 Å². The fourth-order valence-electron chi connectivity index (χ4n) is 3.08. The van der Waals surface area contributed by atoms with Gasteiger partial charge >= 0.3 is 12.2 Å². The Morgan fingerprint density at radius 1 is 1.46 bits per heavy atom. The number of hydrogen-bond acceptors (Lipinski definition) is 7. The fourth-order valence-corrected chi connectivity index (χ4v) is 3.08. The van der Waals surface area contributed by atoms with Gasteiger partial charge in [-0.25, -0.2) is 14.5 Å². The maximum Gasteiger partial charge on any atom is 0.420 e. The van der Waals surface area contributed by atoms with Crippen LogP contribution in [0.25, 0.3) is 5.57 Å². The first-order valence-corrected chi connectivity index (χ1v) is 8.19. The molecule has 1 aromatic rings. The van der Waals surface area contributed by atoms with Crippen LogP contribution in [0.15, 0.2) is 24.5 Å². The molecule has 0 bridgehead atoms. The number of pyridine rings is 1. The summed E-state index contributed by atoms with van der Waals surface area (Å²) >= 11 is 0. The zero-order valence-corrected chi connectivity index (χ0v) is 14.7. The second kappa shape index (κ2) is 6.40. The molecule has 0 radical (unpaired) electrons. The van der Waals surface area contributed by atoms with Gasteiger partial charge in [-0.3, -0.25) is 15.1 Å². The predicted molar refractivity (Wildman–Crippen MR) is 90.2 cm³/mol. The van der Waals surface area contributed by atoms with E-state index in [1.807, 2.05) is 0 Å². The molecule has 138 valence electrons. The minimum atomic E-state index is -0.795. The Bertz CT molecular complexity index is 798. The summed E-state index contributed by atoms with van der Waals surface area (Å²) in [6.07, 6.45) is 3.22. The van der Waals surface area contributed by atoms with Crippen molar-refractivity contribution in [2.24, 2.45) is 0 Å². The molecule has 0 N–H and O–H groups in total. The highest BCUT2D eigenvalue weighted by atomic mass is 16.6. The SMILES string of the molecule is CC(C)(C)OC(=O)N1C(=O)OC2CCC(c3ccncc3[N+](=O)[O-])=CC21. The van der Waals surface area contributed by atoms with Gasteiger partial charge in [0.2, 0.25) is 0 Å². The molecule has 2 heterocycles. The molecule has 2 aliphatic rings. The van der Waals surface area contributed by atoms with Gasteiger partial charge < -0.3 is 9.47 Å². The molecule has 9 heteroatoms. The largest absolute Gasteiger partial charge is 0.443 e. The minimum Gasteiger partial charge on any atom is -0.443 e. The lowest BCUT2D eigenvalue weighted by molar-refractivity contribution is -0.385. The van der Waals surface area contributed by atoms with Crippen LogP contribution in [0.4, 0.5) is 15.3 Å². The normalized spacial score (nSPS) is 22.3. The van der Waals surface area contributed by atoms with Gasteiger partial charge in [0.05, 0.1) is 10.5 Å². The summed E-state index contributed by atoms with van der Waals surface area (Å²) in [4.78, 5) is 40.0. The number of imide groups is 1. The number of rotatable bonds is 2. The summed E-state index contributed by atoms with van der Waals surface area (Å²) in [6, 6.07) is 0.897. The van der Waals surface area contributed by atoms with Gasteiger partial charge in [0.15, 0.2) is 0 Å². The molecular formula is C17H19N3O6. The molecular weight excluding hydrogens is 342 g/mol. The van der Waals surface area contributed by atoms with E-state index in [2.05, 4.69) is 4.98 Å². The third-order valence-electron chi connectivity index (χ3n) is 4.13. The van der Waals surface area contributed by atoms with E-state index in [1.165, 1.54) is 12.4 Å². The molecule has 1 aliphatic heterocycles. The molecule has 1 fully saturated rings. The van der Waals surface area contributed by atoms with Crippen LogP contribution in [-0.4, -0.2) is 44.7 Å². The fraction of sp³-hybridized carbons (Fsp3) is 0.471. The molecule has 1 aliphatic carbocycles. The van der Waals surface area contributed by atoms with E-state index in [-0.39, 0.29) is 5.69 Å². The minimum absolute atomic E-state index is 0.119. The van der Waals surface area contributed by atoms with Crippen molar-refractivity contribution in [3.8, 4) is 0 Å². The van der Waals surface area contributed by atoms with Gasteiger partial charge in [-0.1, -0.05) is 6.08 Å². The number of ether oxygens (including phenoxy) is 2. The van der Waals surface area contributed by atoms with Gasteiger partial charge in [0.1, 0.15) is 23.9 Å². The first-order chi connectivity index (χ1) is 12.2. The highest BCUT2D eigenvalue weighted by Gasteiger charge is 2.47. The molecule has 3 rings (SSSR count). The number of hydrogen-bond donors (Lipinski definition) is 0. The Kier molecular flexibility index (Phi) is 4.39. The summed E-state index contributed by atoms with van der Waals surface area (Å²) in [5.74, 6) is 0. The number of amides is 2. The van der Waals surface area contributed by atoms with Crippen LogP contribution in [0.1, 0.15) is 39.2 Å². The summed E-state index contributed by atoms with van der Waals surface area (Å²) in [6.45, 7) is 5.10. The van der Waals surface area contributed by atoms with E-state index in [0.29, 0.717) is 24.0 Å². The highest BCUT2D eigenvalue weighted by Crippen LogP contribution is 2.38. The predicted octanol–water partition coefficient (Wildman–Crippen LogP) is 3.29. The lowest BCUT2D eigenvalue weighted by atomic mass is 9.89. The molecule has 0 spiro atoms. The van der Waals surface area contributed by atoms with E-state index in [0.717, 1.165) is 4.90 Å². The third kappa shape index (κ3) is 3.37. The van der Waals surface area contributed by atoms with Crippen LogP contribution in [0.5, 0.6) is 0 Å². The van der Waals surface area contributed by atoms with E-state index < -0.39 is 34.9 Å². The maximum atomic E-state index is 12.4. The second-order valence-electron chi connectivity index (χ2n) is 7.14. The summed E-state index contributed by atoms with van der Waals surface area (Å²) < 4.78 is 10.6. The summed E-state index contributed by atoms with van der Waals surface area (Å²) in [5.41, 5.74) is 0.214.